The van der Waals surface area contributed by atoms with Crippen molar-refractivity contribution in [3.8, 4) is 11.5 Å². The van der Waals surface area contributed by atoms with Gasteiger partial charge in [0.15, 0.2) is 0 Å². The van der Waals surface area contributed by atoms with Crippen molar-refractivity contribution in [2.45, 2.75) is 5.22 Å². The summed E-state index contributed by atoms with van der Waals surface area (Å²) in [5.74, 6) is -0.0267. The monoisotopic (exact) mass is 402 g/mol. The van der Waals surface area contributed by atoms with Crippen molar-refractivity contribution < 1.29 is 14.0 Å². The van der Waals surface area contributed by atoms with Gasteiger partial charge in [-0.2, -0.15) is 0 Å². The molecule has 27 heavy (non-hydrogen) atoms. The molecule has 7 nitrogen and oxygen atoms in total. The Labute approximate surface area is 164 Å². The van der Waals surface area contributed by atoms with Gasteiger partial charge < -0.3 is 15.1 Å². The second kappa shape index (κ2) is 8.70. The first-order valence-electron chi connectivity index (χ1n) is 7.89. The van der Waals surface area contributed by atoms with E-state index in [0.717, 1.165) is 17.3 Å². The Hall–Kier alpha value is -2.84. The molecule has 0 aliphatic carbocycles. The molecule has 0 radical (unpaired) electrons. The molecule has 9 heteroatoms. The fourth-order valence-corrected chi connectivity index (χ4v) is 2.87. The Morgan fingerprint density at radius 2 is 1.93 bits per heavy atom. The quantitative estimate of drug-likeness (QED) is 0.612. The van der Waals surface area contributed by atoms with E-state index in [2.05, 4.69) is 20.8 Å². The third kappa shape index (κ3) is 5.08. The van der Waals surface area contributed by atoms with Gasteiger partial charge in [0.25, 0.3) is 11.1 Å². The summed E-state index contributed by atoms with van der Waals surface area (Å²) in [7, 11) is 1.55. The molecule has 0 aliphatic heterocycles. The van der Waals surface area contributed by atoms with Gasteiger partial charge in [0.05, 0.1) is 5.75 Å². The zero-order valence-corrected chi connectivity index (χ0v) is 15.8. The van der Waals surface area contributed by atoms with Crippen molar-refractivity contribution in [1.82, 2.24) is 15.5 Å². The largest absolute Gasteiger partial charge is 0.411 e. The van der Waals surface area contributed by atoms with Crippen molar-refractivity contribution in [3.63, 3.8) is 0 Å². The third-order valence-electron chi connectivity index (χ3n) is 3.46. The fourth-order valence-electron chi connectivity index (χ4n) is 2.18. The number of benzene rings is 2. The molecule has 138 valence electrons. The molecule has 3 aromatic rings. The summed E-state index contributed by atoms with van der Waals surface area (Å²) in [4.78, 5) is 23.8. The molecule has 2 aromatic carbocycles. The van der Waals surface area contributed by atoms with Crippen molar-refractivity contribution in [2.75, 3.05) is 18.1 Å². The lowest BCUT2D eigenvalue weighted by atomic mass is 10.2. The van der Waals surface area contributed by atoms with E-state index in [1.807, 2.05) is 0 Å². The van der Waals surface area contributed by atoms with E-state index in [0.29, 0.717) is 22.2 Å². The van der Waals surface area contributed by atoms with E-state index in [4.69, 9.17) is 16.0 Å². The number of halogens is 1. The Morgan fingerprint density at radius 3 is 2.67 bits per heavy atom. The van der Waals surface area contributed by atoms with E-state index in [9.17, 15) is 9.59 Å². The van der Waals surface area contributed by atoms with Crippen LogP contribution in [0.5, 0.6) is 0 Å². The molecule has 0 saturated heterocycles. The summed E-state index contributed by atoms with van der Waals surface area (Å²) in [5, 5.41) is 14.1. The Morgan fingerprint density at radius 1 is 1.15 bits per heavy atom. The number of anilines is 1. The van der Waals surface area contributed by atoms with Gasteiger partial charge in [-0.25, -0.2) is 0 Å². The number of hydrogen-bond donors (Lipinski definition) is 2. The van der Waals surface area contributed by atoms with Crippen LogP contribution in [-0.2, 0) is 4.79 Å². The number of amides is 2. The highest BCUT2D eigenvalue weighted by Crippen LogP contribution is 2.24. The van der Waals surface area contributed by atoms with Crippen LogP contribution in [0.4, 0.5) is 5.69 Å². The maximum absolute atomic E-state index is 12.1. The lowest BCUT2D eigenvalue weighted by Gasteiger charge is -2.06. The molecule has 0 aliphatic rings. The van der Waals surface area contributed by atoms with E-state index in [-0.39, 0.29) is 22.8 Å². The van der Waals surface area contributed by atoms with Gasteiger partial charge >= 0.3 is 0 Å². The van der Waals surface area contributed by atoms with E-state index in [1.54, 1.807) is 55.6 Å². The molecule has 0 unspecified atom stereocenters. The van der Waals surface area contributed by atoms with Crippen LogP contribution >= 0.6 is 23.4 Å². The van der Waals surface area contributed by atoms with Crippen LogP contribution in [0.1, 0.15) is 10.4 Å². The number of thioether (sulfide) groups is 1. The zero-order chi connectivity index (χ0) is 19.2. The molecule has 2 N–H and O–H groups in total. The third-order valence-corrected chi connectivity index (χ3v) is 4.53. The second-order valence-electron chi connectivity index (χ2n) is 5.38. The van der Waals surface area contributed by atoms with Crippen LogP contribution < -0.4 is 10.6 Å². The van der Waals surface area contributed by atoms with Crippen molar-refractivity contribution in [1.29, 1.82) is 0 Å². The van der Waals surface area contributed by atoms with Gasteiger partial charge in [-0.15, -0.1) is 10.2 Å². The number of aromatic nitrogens is 2. The molecule has 1 aromatic heterocycles. The number of nitrogens with zero attached hydrogens (tertiary/aromatic N) is 2. The van der Waals surface area contributed by atoms with Gasteiger partial charge in [-0.3, -0.25) is 9.59 Å². The summed E-state index contributed by atoms with van der Waals surface area (Å²) in [6, 6.07) is 13.7. The molecule has 0 spiro atoms. The van der Waals surface area contributed by atoms with Gasteiger partial charge in [0.2, 0.25) is 11.8 Å². The summed E-state index contributed by atoms with van der Waals surface area (Å²) in [6.07, 6.45) is 0. The topological polar surface area (TPSA) is 97.1 Å². The van der Waals surface area contributed by atoms with Gasteiger partial charge in [-0.05, 0) is 42.5 Å². The SMILES string of the molecule is CNC(=O)c1cccc(NC(=O)CSc2nnc(-c3ccc(Cl)cc3)o2)c1. The molecular weight excluding hydrogens is 388 g/mol. The van der Waals surface area contributed by atoms with E-state index >= 15 is 0 Å². The highest BCUT2D eigenvalue weighted by Gasteiger charge is 2.12. The molecular formula is C18H15ClN4O3S. The Balaban J connectivity index is 1.57. The first-order chi connectivity index (χ1) is 13.0. The molecule has 0 saturated carbocycles. The predicted octanol–water partition coefficient (Wildman–Crippen LogP) is 3.48. The van der Waals surface area contributed by atoms with Crippen molar-refractivity contribution >= 4 is 40.9 Å². The van der Waals surface area contributed by atoms with Gasteiger partial charge in [0.1, 0.15) is 0 Å². The average molecular weight is 403 g/mol. The summed E-state index contributed by atoms with van der Waals surface area (Å²) in [5.41, 5.74) is 1.75. The fraction of sp³-hybridized carbons (Fsp3) is 0.111. The van der Waals surface area contributed by atoms with E-state index < -0.39 is 0 Å². The average Bonchev–Trinajstić information content (AvgIpc) is 3.15. The number of rotatable bonds is 6. The molecule has 3 rings (SSSR count). The van der Waals surface area contributed by atoms with Crippen LogP contribution in [0.2, 0.25) is 5.02 Å². The number of hydrogen-bond acceptors (Lipinski definition) is 6. The molecule has 0 fully saturated rings. The molecule has 1 heterocycles. The Bertz CT molecular complexity index is 959. The van der Waals surface area contributed by atoms with Crippen LogP contribution in [0.15, 0.2) is 58.2 Å². The maximum Gasteiger partial charge on any atom is 0.277 e. The zero-order valence-electron chi connectivity index (χ0n) is 14.2. The smallest absolute Gasteiger partial charge is 0.277 e. The predicted molar refractivity (Wildman–Crippen MR) is 104 cm³/mol. The highest BCUT2D eigenvalue weighted by atomic mass is 35.5. The van der Waals surface area contributed by atoms with E-state index in [1.165, 1.54) is 0 Å². The summed E-state index contributed by atoms with van der Waals surface area (Å²) < 4.78 is 5.54. The molecule has 2 amide bonds. The van der Waals surface area contributed by atoms with Crippen molar-refractivity contribution in [2.24, 2.45) is 0 Å². The van der Waals surface area contributed by atoms with Crippen molar-refractivity contribution in [3.05, 3.63) is 59.1 Å². The van der Waals surface area contributed by atoms with Gasteiger partial charge in [-0.1, -0.05) is 29.4 Å². The number of nitrogens with one attached hydrogen (secondary N) is 2. The lowest BCUT2D eigenvalue weighted by Crippen LogP contribution is -2.18. The second-order valence-corrected chi connectivity index (χ2v) is 6.74. The Kier molecular flexibility index (Phi) is 6.10. The van der Waals surface area contributed by atoms with Crippen LogP contribution in [0.25, 0.3) is 11.5 Å². The first kappa shape index (κ1) is 18.9. The minimum absolute atomic E-state index is 0.0897. The number of carbonyl (C=O) groups excluding carboxylic acids is 2. The summed E-state index contributed by atoms with van der Waals surface area (Å²) in [6.45, 7) is 0. The number of carbonyl (C=O) groups is 2. The maximum atomic E-state index is 12.1. The minimum Gasteiger partial charge on any atom is -0.411 e. The lowest BCUT2D eigenvalue weighted by molar-refractivity contribution is -0.113. The normalized spacial score (nSPS) is 10.4. The molecule has 0 bridgehead atoms. The van der Waals surface area contributed by atoms with Crippen LogP contribution in [0, 0.1) is 0 Å². The summed E-state index contributed by atoms with van der Waals surface area (Å²) >= 11 is 6.98. The standard InChI is InChI=1S/C18H15ClN4O3S/c1-20-16(25)12-3-2-4-14(9-12)21-15(24)10-27-18-23-22-17(26-18)11-5-7-13(19)8-6-11/h2-9H,10H2,1H3,(H,20,25)(H,21,24). The van der Waals surface area contributed by atoms with Gasteiger partial charge in [0, 0.05) is 28.9 Å². The highest BCUT2D eigenvalue weighted by molar-refractivity contribution is 7.99. The first-order valence-corrected chi connectivity index (χ1v) is 9.26. The van der Waals surface area contributed by atoms with Crippen LogP contribution in [0.3, 0.4) is 0 Å². The minimum atomic E-state index is -0.250. The van der Waals surface area contributed by atoms with Crippen LogP contribution in [-0.4, -0.2) is 34.8 Å². The molecule has 0 atom stereocenters.